The van der Waals surface area contributed by atoms with Crippen LogP contribution < -0.4 is 0 Å². The Morgan fingerprint density at radius 1 is 1.19 bits per heavy atom. The molecule has 1 aliphatic heterocycles. The molecule has 0 saturated carbocycles. The molecule has 0 bridgehead atoms. The summed E-state index contributed by atoms with van der Waals surface area (Å²) in [6.07, 6.45) is 1.76. The lowest BCUT2D eigenvalue weighted by Gasteiger charge is -2.26. The smallest absolute Gasteiger partial charge is 0.196 e. The molecule has 2 aromatic heterocycles. The summed E-state index contributed by atoms with van der Waals surface area (Å²) in [6.45, 7) is 7.46. The average molecular weight is 366 g/mol. The van der Waals surface area contributed by atoms with Gasteiger partial charge < -0.3 is 9.52 Å². The Labute approximate surface area is 159 Å². The molecule has 1 aromatic carbocycles. The van der Waals surface area contributed by atoms with Crippen LogP contribution in [0.4, 0.5) is 0 Å². The summed E-state index contributed by atoms with van der Waals surface area (Å²) in [7, 11) is 0. The summed E-state index contributed by atoms with van der Waals surface area (Å²) < 4.78 is 7.56. The van der Waals surface area contributed by atoms with Gasteiger partial charge in [0.1, 0.15) is 12.4 Å². The first kappa shape index (κ1) is 17.9. The topological polar surface area (TPSA) is 67.3 Å². The van der Waals surface area contributed by atoms with Crippen LogP contribution in [0.2, 0.25) is 0 Å². The van der Waals surface area contributed by atoms with Crippen LogP contribution in [0, 0.1) is 0 Å². The van der Waals surface area contributed by atoms with E-state index in [1.807, 2.05) is 41.1 Å². The van der Waals surface area contributed by atoms with E-state index in [9.17, 15) is 5.11 Å². The van der Waals surface area contributed by atoms with Gasteiger partial charge in [-0.25, -0.2) is 4.98 Å². The third-order valence-electron chi connectivity index (χ3n) is 4.96. The summed E-state index contributed by atoms with van der Waals surface area (Å²) in [5.74, 6) is 1.09. The highest BCUT2D eigenvalue weighted by molar-refractivity contribution is 5.20. The Morgan fingerprint density at radius 2 is 2.00 bits per heavy atom. The van der Waals surface area contributed by atoms with Crippen LogP contribution in [0.25, 0.3) is 0 Å². The predicted octanol–water partition coefficient (Wildman–Crippen LogP) is 3.29. The van der Waals surface area contributed by atoms with Crippen molar-refractivity contribution in [1.82, 2.24) is 19.7 Å². The van der Waals surface area contributed by atoms with Crippen molar-refractivity contribution in [3.63, 3.8) is 0 Å². The van der Waals surface area contributed by atoms with Crippen LogP contribution in [0.5, 0.6) is 0 Å². The maximum absolute atomic E-state index is 10.6. The molecular formula is C21H26N4O2. The minimum atomic E-state index is -0.580. The zero-order valence-corrected chi connectivity index (χ0v) is 15.9. The van der Waals surface area contributed by atoms with Gasteiger partial charge in [0.15, 0.2) is 5.89 Å². The number of hydrogen-bond acceptors (Lipinski definition) is 5. The average Bonchev–Trinajstić information content (AvgIpc) is 3.29. The number of aliphatic hydroxyl groups excluding tert-OH is 1. The molecule has 0 amide bonds. The van der Waals surface area contributed by atoms with Gasteiger partial charge in [-0.05, 0) is 11.6 Å². The molecule has 4 rings (SSSR count). The maximum Gasteiger partial charge on any atom is 0.196 e. The van der Waals surface area contributed by atoms with Crippen molar-refractivity contribution < 1.29 is 9.52 Å². The van der Waals surface area contributed by atoms with E-state index in [-0.39, 0.29) is 0 Å². The van der Waals surface area contributed by atoms with Gasteiger partial charge in [0.05, 0.1) is 23.6 Å². The van der Waals surface area contributed by atoms with Gasteiger partial charge in [-0.15, -0.1) is 0 Å². The molecule has 6 nitrogen and oxygen atoms in total. The molecule has 27 heavy (non-hydrogen) atoms. The minimum absolute atomic E-state index is 0.301. The fraction of sp³-hybridized carbons (Fsp3) is 0.429. The molecule has 1 aliphatic rings. The first-order valence-electron chi connectivity index (χ1n) is 9.54. The molecule has 0 fully saturated rings. The second kappa shape index (κ2) is 7.66. The zero-order valence-electron chi connectivity index (χ0n) is 15.9. The normalized spacial score (nSPS) is 15.9. The molecule has 1 atom stereocenters. The van der Waals surface area contributed by atoms with Gasteiger partial charge in [-0.1, -0.05) is 44.2 Å². The molecule has 3 heterocycles. The van der Waals surface area contributed by atoms with E-state index in [4.69, 9.17) is 4.42 Å². The summed E-state index contributed by atoms with van der Waals surface area (Å²) >= 11 is 0. The molecular weight excluding hydrogens is 340 g/mol. The van der Waals surface area contributed by atoms with Crippen LogP contribution >= 0.6 is 0 Å². The van der Waals surface area contributed by atoms with E-state index in [1.54, 1.807) is 6.26 Å². The van der Waals surface area contributed by atoms with Gasteiger partial charge in [-0.2, -0.15) is 5.10 Å². The van der Waals surface area contributed by atoms with E-state index in [0.29, 0.717) is 12.3 Å². The quantitative estimate of drug-likeness (QED) is 0.725. The number of hydrogen-bond donors (Lipinski definition) is 1. The number of rotatable bonds is 6. The SMILES string of the molecule is CC(C)c1nc(CN2CCn3nc([C@H](O)Cc4ccccc4)cc3C2)co1. The van der Waals surface area contributed by atoms with Crippen molar-refractivity contribution in [3.8, 4) is 0 Å². The van der Waals surface area contributed by atoms with Crippen molar-refractivity contribution >= 4 is 0 Å². The van der Waals surface area contributed by atoms with Crippen LogP contribution in [0.1, 0.15) is 54.4 Å². The minimum Gasteiger partial charge on any atom is -0.448 e. The molecule has 0 spiro atoms. The molecule has 0 saturated heterocycles. The molecule has 0 unspecified atom stereocenters. The molecule has 0 radical (unpaired) electrons. The van der Waals surface area contributed by atoms with Gasteiger partial charge >= 0.3 is 0 Å². The number of oxazole rings is 1. The van der Waals surface area contributed by atoms with Gasteiger partial charge in [0.25, 0.3) is 0 Å². The third kappa shape index (κ3) is 4.12. The van der Waals surface area contributed by atoms with Crippen LogP contribution in [0.3, 0.4) is 0 Å². The number of nitrogens with zero attached hydrogens (tertiary/aromatic N) is 4. The van der Waals surface area contributed by atoms with Crippen molar-refractivity contribution in [2.45, 2.75) is 51.9 Å². The second-order valence-electron chi connectivity index (χ2n) is 7.53. The number of aromatic nitrogens is 3. The standard InChI is InChI=1S/C21H26N4O2/c1-15(2)21-22-17(14-27-21)12-24-8-9-25-18(13-24)11-19(23-25)20(26)10-16-6-4-3-5-7-16/h3-7,11,14-15,20,26H,8-10,12-13H2,1-2H3/t20-/m1/s1. The van der Waals surface area contributed by atoms with Gasteiger partial charge in [-0.3, -0.25) is 9.58 Å². The van der Waals surface area contributed by atoms with Crippen molar-refractivity contribution in [2.75, 3.05) is 6.54 Å². The lowest BCUT2D eigenvalue weighted by Crippen LogP contribution is -2.33. The van der Waals surface area contributed by atoms with Crippen LogP contribution in [0.15, 0.2) is 47.1 Å². The van der Waals surface area contributed by atoms with Crippen molar-refractivity contribution in [2.24, 2.45) is 0 Å². The van der Waals surface area contributed by atoms with Crippen LogP contribution in [-0.2, 0) is 26.1 Å². The highest BCUT2D eigenvalue weighted by atomic mass is 16.3. The zero-order chi connectivity index (χ0) is 18.8. The van der Waals surface area contributed by atoms with Crippen molar-refractivity contribution in [1.29, 1.82) is 0 Å². The van der Waals surface area contributed by atoms with Crippen molar-refractivity contribution in [3.05, 3.63) is 71.2 Å². The summed E-state index contributed by atoms with van der Waals surface area (Å²) in [5, 5.41) is 15.2. The first-order chi connectivity index (χ1) is 13.1. The molecule has 142 valence electrons. The van der Waals surface area contributed by atoms with E-state index >= 15 is 0 Å². The fourth-order valence-electron chi connectivity index (χ4n) is 3.47. The Balaban J connectivity index is 1.41. The first-order valence-corrected chi connectivity index (χ1v) is 9.54. The Hall–Kier alpha value is -2.44. The summed E-state index contributed by atoms with van der Waals surface area (Å²) in [6, 6.07) is 12.1. The van der Waals surface area contributed by atoms with E-state index < -0.39 is 6.10 Å². The highest BCUT2D eigenvalue weighted by Gasteiger charge is 2.22. The Morgan fingerprint density at radius 3 is 2.74 bits per heavy atom. The monoisotopic (exact) mass is 366 g/mol. The lowest BCUT2D eigenvalue weighted by atomic mass is 10.1. The number of aliphatic hydroxyl groups is 1. The highest BCUT2D eigenvalue weighted by Crippen LogP contribution is 2.22. The maximum atomic E-state index is 10.6. The molecule has 0 aliphatic carbocycles. The third-order valence-corrected chi connectivity index (χ3v) is 4.96. The second-order valence-corrected chi connectivity index (χ2v) is 7.53. The molecule has 1 N–H and O–H groups in total. The van der Waals surface area contributed by atoms with Crippen LogP contribution in [-0.4, -0.2) is 31.3 Å². The lowest BCUT2D eigenvalue weighted by molar-refractivity contribution is 0.171. The van der Waals surface area contributed by atoms with Gasteiger partial charge in [0.2, 0.25) is 0 Å². The van der Waals surface area contributed by atoms with E-state index in [0.717, 1.165) is 54.7 Å². The largest absolute Gasteiger partial charge is 0.448 e. The Bertz CT molecular complexity index is 885. The predicted molar refractivity (Wildman–Crippen MR) is 102 cm³/mol. The summed E-state index contributed by atoms with van der Waals surface area (Å²) in [5.41, 5.74) is 3.97. The van der Waals surface area contributed by atoms with Gasteiger partial charge in [0, 0.05) is 32.0 Å². The molecule has 6 heteroatoms. The number of benzene rings is 1. The number of fused-ring (bicyclic) bond motifs is 1. The summed E-state index contributed by atoms with van der Waals surface area (Å²) in [4.78, 5) is 6.91. The van der Waals surface area contributed by atoms with E-state index in [2.05, 4.69) is 28.8 Å². The molecule has 3 aromatic rings. The Kier molecular flexibility index (Phi) is 5.09. The fourth-order valence-corrected chi connectivity index (χ4v) is 3.47. The van der Waals surface area contributed by atoms with E-state index in [1.165, 1.54) is 0 Å².